The molecule has 3 heteroatoms. The maximum Gasteiger partial charge on any atom is 0.108 e. The van der Waals surface area contributed by atoms with Crippen LogP contribution >= 0.6 is 0 Å². The first-order chi connectivity index (χ1) is 7.25. The Morgan fingerprint density at radius 1 is 1.47 bits per heavy atom. The van der Waals surface area contributed by atoms with Crippen molar-refractivity contribution in [2.75, 3.05) is 18.8 Å². The van der Waals surface area contributed by atoms with Crippen LogP contribution in [0.3, 0.4) is 0 Å². The van der Waals surface area contributed by atoms with Gasteiger partial charge < -0.3 is 10.5 Å². The highest BCUT2D eigenvalue weighted by Gasteiger charge is 2.20. The molecule has 0 aromatic heterocycles. The molecule has 0 spiro atoms. The number of nitrogens with zero attached hydrogens (tertiary/aromatic N) is 1. The quantitative estimate of drug-likeness (QED) is 0.764. The zero-order valence-electron chi connectivity index (χ0n) is 9.15. The Labute approximate surface area is 90.8 Å². The van der Waals surface area contributed by atoms with Crippen LogP contribution in [0.25, 0.3) is 0 Å². The molecule has 1 aliphatic rings. The third kappa shape index (κ3) is 2.70. The number of anilines is 1. The van der Waals surface area contributed by atoms with Gasteiger partial charge in [-0.15, -0.1) is 0 Å². The van der Waals surface area contributed by atoms with E-state index in [1.165, 1.54) is 6.42 Å². The number of nitrogens with two attached hydrogens (primary N) is 1. The second-order valence-electron chi connectivity index (χ2n) is 4.04. The van der Waals surface area contributed by atoms with Crippen LogP contribution in [0.4, 0.5) is 5.69 Å². The topological polar surface area (TPSA) is 38.5 Å². The number of hydrogen-bond donors (Lipinski definition) is 1. The van der Waals surface area contributed by atoms with Gasteiger partial charge in [0.05, 0.1) is 6.61 Å². The molecule has 15 heavy (non-hydrogen) atoms. The first-order valence-electron chi connectivity index (χ1n) is 5.46. The van der Waals surface area contributed by atoms with Crippen LogP contribution in [0.2, 0.25) is 0 Å². The Hall–Kier alpha value is -1.06. The van der Waals surface area contributed by atoms with Crippen LogP contribution in [0.1, 0.15) is 18.9 Å². The monoisotopic (exact) mass is 206 g/mol. The number of likely N-dealkylation sites (tertiary alicyclic amines) is 1. The standard InChI is InChI=1S/C12H18N2O/c1-10(14-6-3-7-14)15-9-11-4-2-5-12(13)8-11/h2,4-5,8,10H,3,6-7,9,13H2,1H3. The van der Waals surface area contributed by atoms with E-state index in [1.54, 1.807) is 0 Å². The summed E-state index contributed by atoms with van der Waals surface area (Å²) in [5, 5.41) is 0. The van der Waals surface area contributed by atoms with E-state index in [1.807, 2.05) is 24.3 Å². The van der Waals surface area contributed by atoms with Gasteiger partial charge in [-0.3, -0.25) is 4.90 Å². The van der Waals surface area contributed by atoms with Gasteiger partial charge in [-0.2, -0.15) is 0 Å². The second-order valence-corrected chi connectivity index (χ2v) is 4.04. The van der Waals surface area contributed by atoms with Crippen LogP contribution in [0, 0.1) is 0 Å². The van der Waals surface area contributed by atoms with Crippen molar-refractivity contribution in [3.05, 3.63) is 29.8 Å². The molecule has 0 aliphatic carbocycles. The summed E-state index contributed by atoms with van der Waals surface area (Å²) < 4.78 is 5.76. The second kappa shape index (κ2) is 4.64. The third-order valence-corrected chi connectivity index (χ3v) is 2.85. The van der Waals surface area contributed by atoms with Gasteiger partial charge in [-0.05, 0) is 31.0 Å². The molecule has 1 aromatic rings. The average Bonchev–Trinajstić information content (AvgIpc) is 2.12. The average molecular weight is 206 g/mol. The van der Waals surface area contributed by atoms with Crippen LogP contribution in [0.15, 0.2) is 24.3 Å². The maximum atomic E-state index is 5.76. The fourth-order valence-electron chi connectivity index (χ4n) is 1.71. The van der Waals surface area contributed by atoms with Crippen LogP contribution in [0.5, 0.6) is 0 Å². The number of benzene rings is 1. The van der Waals surface area contributed by atoms with Gasteiger partial charge in [-0.1, -0.05) is 12.1 Å². The molecule has 1 heterocycles. The van der Waals surface area contributed by atoms with E-state index in [9.17, 15) is 0 Å². The Morgan fingerprint density at radius 2 is 2.27 bits per heavy atom. The van der Waals surface area contributed by atoms with Crippen molar-refractivity contribution in [2.24, 2.45) is 0 Å². The number of rotatable bonds is 4. The lowest BCUT2D eigenvalue weighted by Gasteiger charge is -2.36. The molecule has 2 N–H and O–H groups in total. The van der Waals surface area contributed by atoms with Crippen molar-refractivity contribution >= 4 is 5.69 Å². The van der Waals surface area contributed by atoms with Crippen molar-refractivity contribution in [3.63, 3.8) is 0 Å². The van der Waals surface area contributed by atoms with E-state index < -0.39 is 0 Å². The van der Waals surface area contributed by atoms with Gasteiger partial charge in [0.1, 0.15) is 6.23 Å². The number of ether oxygens (including phenoxy) is 1. The van der Waals surface area contributed by atoms with Gasteiger partial charge >= 0.3 is 0 Å². The minimum atomic E-state index is 0.222. The van der Waals surface area contributed by atoms with Gasteiger partial charge in [0.15, 0.2) is 0 Å². The minimum Gasteiger partial charge on any atom is -0.399 e. The smallest absolute Gasteiger partial charge is 0.108 e. The zero-order valence-corrected chi connectivity index (χ0v) is 9.15. The minimum absolute atomic E-state index is 0.222. The molecule has 1 atom stereocenters. The highest BCUT2D eigenvalue weighted by atomic mass is 16.5. The van der Waals surface area contributed by atoms with E-state index in [0.717, 1.165) is 24.3 Å². The molecule has 1 aliphatic heterocycles. The summed E-state index contributed by atoms with van der Waals surface area (Å²) in [4.78, 5) is 2.33. The van der Waals surface area contributed by atoms with Crippen molar-refractivity contribution in [2.45, 2.75) is 26.2 Å². The predicted octanol–water partition coefficient (Wildman–Crippen LogP) is 1.84. The molecule has 0 saturated carbocycles. The molecule has 2 rings (SSSR count). The van der Waals surface area contributed by atoms with E-state index in [-0.39, 0.29) is 6.23 Å². The Kier molecular flexibility index (Phi) is 3.23. The van der Waals surface area contributed by atoms with E-state index in [0.29, 0.717) is 6.61 Å². The molecule has 82 valence electrons. The number of nitrogen functional groups attached to an aromatic ring is 1. The molecule has 1 aromatic carbocycles. The SMILES string of the molecule is CC(OCc1cccc(N)c1)N1CCC1. The highest BCUT2D eigenvalue weighted by molar-refractivity contribution is 5.40. The summed E-state index contributed by atoms with van der Waals surface area (Å²) in [6.07, 6.45) is 1.52. The van der Waals surface area contributed by atoms with Crippen molar-refractivity contribution in [1.82, 2.24) is 4.90 Å². The Balaban J connectivity index is 1.81. The van der Waals surface area contributed by atoms with Crippen LogP contribution in [-0.2, 0) is 11.3 Å². The summed E-state index contributed by atoms with van der Waals surface area (Å²) >= 11 is 0. The van der Waals surface area contributed by atoms with Gasteiger partial charge in [0.25, 0.3) is 0 Å². The largest absolute Gasteiger partial charge is 0.399 e. The summed E-state index contributed by atoms with van der Waals surface area (Å²) in [5.74, 6) is 0. The van der Waals surface area contributed by atoms with Crippen molar-refractivity contribution in [3.8, 4) is 0 Å². The molecular weight excluding hydrogens is 188 g/mol. The fourth-order valence-corrected chi connectivity index (χ4v) is 1.71. The van der Waals surface area contributed by atoms with E-state index in [4.69, 9.17) is 10.5 Å². The molecule has 1 unspecified atom stereocenters. The van der Waals surface area contributed by atoms with E-state index in [2.05, 4.69) is 11.8 Å². The molecule has 1 fully saturated rings. The highest BCUT2D eigenvalue weighted by Crippen LogP contribution is 2.14. The maximum absolute atomic E-state index is 5.76. The van der Waals surface area contributed by atoms with Gasteiger partial charge in [0, 0.05) is 18.8 Å². The molecule has 0 bridgehead atoms. The summed E-state index contributed by atoms with van der Waals surface area (Å²) in [6.45, 7) is 5.07. The Bertz CT molecular complexity index is 323. The fraction of sp³-hybridized carbons (Fsp3) is 0.500. The lowest BCUT2D eigenvalue weighted by Crippen LogP contribution is -2.44. The summed E-state index contributed by atoms with van der Waals surface area (Å²) in [5.41, 5.74) is 7.64. The zero-order chi connectivity index (χ0) is 10.7. The van der Waals surface area contributed by atoms with Gasteiger partial charge in [-0.25, -0.2) is 0 Å². The third-order valence-electron chi connectivity index (χ3n) is 2.85. The molecule has 3 nitrogen and oxygen atoms in total. The van der Waals surface area contributed by atoms with Gasteiger partial charge in [0.2, 0.25) is 0 Å². The first-order valence-corrected chi connectivity index (χ1v) is 5.46. The molecule has 0 radical (unpaired) electrons. The first kappa shape index (κ1) is 10.5. The van der Waals surface area contributed by atoms with E-state index >= 15 is 0 Å². The molecule has 0 amide bonds. The summed E-state index contributed by atoms with van der Waals surface area (Å²) in [7, 11) is 0. The normalized spacial score (nSPS) is 18.5. The lowest BCUT2D eigenvalue weighted by molar-refractivity contribution is -0.0824. The number of hydrogen-bond acceptors (Lipinski definition) is 3. The van der Waals surface area contributed by atoms with Crippen molar-refractivity contribution < 1.29 is 4.74 Å². The van der Waals surface area contributed by atoms with Crippen molar-refractivity contribution in [1.29, 1.82) is 0 Å². The van der Waals surface area contributed by atoms with Crippen LogP contribution in [-0.4, -0.2) is 24.2 Å². The lowest BCUT2D eigenvalue weighted by atomic mass is 10.2. The molecular formula is C12H18N2O. The van der Waals surface area contributed by atoms with Crippen LogP contribution < -0.4 is 5.73 Å². The summed E-state index contributed by atoms with van der Waals surface area (Å²) in [6, 6.07) is 7.85. The Morgan fingerprint density at radius 3 is 2.87 bits per heavy atom. The predicted molar refractivity (Wildman–Crippen MR) is 61.3 cm³/mol. The molecule has 1 saturated heterocycles.